The van der Waals surface area contributed by atoms with Gasteiger partial charge in [-0.2, -0.15) is 0 Å². The van der Waals surface area contributed by atoms with Gasteiger partial charge in [-0.25, -0.2) is 17.9 Å². The Morgan fingerprint density at radius 1 is 1.21 bits per heavy atom. The number of aromatic hydroxyl groups is 1. The van der Waals surface area contributed by atoms with Crippen LogP contribution in [0.2, 0.25) is 0 Å². The molecule has 0 fully saturated rings. The number of hydrogen-bond donors (Lipinski definition) is 4. The lowest BCUT2D eigenvalue weighted by Gasteiger charge is -2.34. The van der Waals surface area contributed by atoms with Crippen LogP contribution in [-0.4, -0.2) is 43.1 Å². The van der Waals surface area contributed by atoms with Crippen LogP contribution < -0.4 is 15.3 Å². The molecule has 33 heavy (non-hydrogen) atoms. The van der Waals surface area contributed by atoms with Crippen molar-refractivity contribution in [2.24, 2.45) is 5.14 Å². The largest absolute Gasteiger partial charge is 0.506 e. The molecule has 0 radical (unpaired) electrons. The van der Waals surface area contributed by atoms with E-state index in [0.29, 0.717) is 42.6 Å². The number of phenols is 1. The molecule has 0 spiro atoms. The first-order chi connectivity index (χ1) is 15.6. The number of nitrogens with one attached hydrogen (secondary N) is 2. The van der Waals surface area contributed by atoms with Crippen molar-refractivity contribution in [1.82, 2.24) is 10.3 Å². The number of H-pyrrole nitrogens is 1. The Bertz CT molecular complexity index is 1240. The number of nitrogens with two attached hydrogens (primary N) is 1. The molecular formula is C22H28FN3O5S2. The monoisotopic (exact) mass is 497 g/mol. The number of aromatic amines is 1. The van der Waals surface area contributed by atoms with Gasteiger partial charge in [-0.3, -0.25) is 10.1 Å². The second-order valence-electron chi connectivity index (χ2n) is 7.83. The molecule has 1 unspecified atom stereocenters. The summed E-state index contributed by atoms with van der Waals surface area (Å²) in [6.45, 7) is 2.64. The van der Waals surface area contributed by atoms with Gasteiger partial charge in [-0.1, -0.05) is 36.5 Å². The molecule has 1 atom stereocenters. The molecule has 3 rings (SSSR count). The summed E-state index contributed by atoms with van der Waals surface area (Å²) in [7, 11) is -3.68. The van der Waals surface area contributed by atoms with Crippen LogP contribution in [-0.2, 0) is 27.6 Å². The Hall–Kier alpha value is -2.31. The highest BCUT2D eigenvalue weighted by Gasteiger charge is 2.30. The summed E-state index contributed by atoms with van der Waals surface area (Å²) in [6.07, 6.45) is 1.72. The molecule has 0 saturated heterocycles. The molecule has 0 aliphatic heterocycles. The number of thiazole rings is 1. The van der Waals surface area contributed by atoms with Crippen LogP contribution in [0, 0.1) is 5.82 Å². The topological polar surface area (TPSA) is 135 Å². The molecule has 3 aromatic rings. The number of halogens is 1. The normalized spacial score (nSPS) is 13.9. The summed E-state index contributed by atoms with van der Waals surface area (Å²) in [5.74, 6) is -0.541. The molecule has 1 aromatic heterocycles. The summed E-state index contributed by atoms with van der Waals surface area (Å²) < 4.78 is 43.1. The fourth-order valence-electron chi connectivity index (χ4n) is 3.63. The van der Waals surface area contributed by atoms with E-state index in [2.05, 4.69) is 10.3 Å². The maximum atomic E-state index is 13.1. The van der Waals surface area contributed by atoms with Crippen molar-refractivity contribution >= 4 is 31.6 Å². The zero-order valence-electron chi connectivity index (χ0n) is 18.3. The lowest BCUT2D eigenvalue weighted by atomic mass is 10.1. The summed E-state index contributed by atoms with van der Waals surface area (Å²) in [5, 5.41) is 18.5. The van der Waals surface area contributed by atoms with Crippen LogP contribution in [0.1, 0.15) is 30.9 Å². The fraction of sp³-hybridized carbons (Fsp3) is 0.409. The number of primary sulfonamides is 1. The second-order valence-corrected chi connectivity index (χ2v) is 10.5. The fourth-order valence-corrected chi connectivity index (χ4v) is 5.14. The van der Waals surface area contributed by atoms with Gasteiger partial charge in [0.15, 0.2) is 0 Å². The van der Waals surface area contributed by atoms with Gasteiger partial charge in [-0.05, 0) is 48.6 Å². The van der Waals surface area contributed by atoms with Gasteiger partial charge < -0.3 is 14.8 Å². The van der Waals surface area contributed by atoms with E-state index in [1.165, 1.54) is 18.2 Å². The van der Waals surface area contributed by atoms with E-state index >= 15 is 0 Å². The van der Waals surface area contributed by atoms with Crippen LogP contribution in [0.3, 0.4) is 0 Å². The Labute approximate surface area is 195 Å². The van der Waals surface area contributed by atoms with E-state index in [0.717, 1.165) is 22.5 Å². The maximum Gasteiger partial charge on any atom is 0.305 e. The molecule has 1 heterocycles. The third-order valence-corrected chi connectivity index (χ3v) is 7.26. The first-order valence-electron chi connectivity index (χ1n) is 10.6. The van der Waals surface area contributed by atoms with Gasteiger partial charge in [0.1, 0.15) is 22.8 Å². The number of fused-ring (bicyclic) bond motifs is 1. The quantitative estimate of drug-likeness (QED) is 0.284. The van der Waals surface area contributed by atoms with Crippen molar-refractivity contribution in [3.8, 4) is 5.75 Å². The van der Waals surface area contributed by atoms with E-state index in [4.69, 9.17) is 9.88 Å². The maximum absolute atomic E-state index is 13.1. The molecule has 0 saturated carbocycles. The van der Waals surface area contributed by atoms with Crippen molar-refractivity contribution in [2.45, 2.75) is 38.3 Å². The van der Waals surface area contributed by atoms with E-state index < -0.39 is 15.7 Å². The van der Waals surface area contributed by atoms with Gasteiger partial charge >= 0.3 is 4.87 Å². The molecule has 8 nitrogen and oxygen atoms in total. The van der Waals surface area contributed by atoms with Crippen LogP contribution in [0.15, 0.2) is 41.2 Å². The Kier molecular flexibility index (Phi) is 8.24. The van der Waals surface area contributed by atoms with E-state index in [-0.39, 0.29) is 28.6 Å². The summed E-state index contributed by atoms with van der Waals surface area (Å²) in [5.41, 5.74) is 1.27. The van der Waals surface area contributed by atoms with Crippen LogP contribution in [0.5, 0.6) is 5.75 Å². The number of ether oxygens (including phenoxy) is 1. The van der Waals surface area contributed by atoms with E-state index in [1.807, 2.05) is 6.92 Å². The Balaban J connectivity index is 1.69. The van der Waals surface area contributed by atoms with Crippen molar-refractivity contribution in [3.05, 3.63) is 63.0 Å². The molecule has 0 amide bonds. The zero-order valence-corrected chi connectivity index (χ0v) is 19.9. The minimum absolute atomic E-state index is 0.0141. The number of hydrogen-bond acceptors (Lipinski definition) is 7. The van der Waals surface area contributed by atoms with Gasteiger partial charge in [0, 0.05) is 13.0 Å². The second kappa shape index (κ2) is 10.7. The van der Waals surface area contributed by atoms with Crippen molar-refractivity contribution < 1.29 is 22.7 Å². The third-order valence-electron chi connectivity index (χ3n) is 5.52. The average Bonchev–Trinajstić information content (AvgIpc) is 3.17. The highest BCUT2D eigenvalue weighted by atomic mass is 32.2. The smallest absolute Gasteiger partial charge is 0.305 e. The Morgan fingerprint density at radius 2 is 1.94 bits per heavy atom. The lowest BCUT2D eigenvalue weighted by Crippen LogP contribution is -2.50. The van der Waals surface area contributed by atoms with E-state index in [9.17, 15) is 22.7 Å². The van der Waals surface area contributed by atoms with Gasteiger partial charge in [0.2, 0.25) is 10.0 Å². The zero-order chi connectivity index (χ0) is 24.1. The Morgan fingerprint density at radius 3 is 2.61 bits per heavy atom. The molecular weight excluding hydrogens is 469 g/mol. The average molecular weight is 498 g/mol. The van der Waals surface area contributed by atoms with Crippen LogP contribution >= 0.6 is 11.3 Å². The van der Waals surface area contributed by atoms with Gasteiger partial charge in [0.25, 0.3) is 0 Å². The first-order valence-corrected chi connectivity index (χ1v) is 13.1. The molecule has 11 heteroatoms. The van der Waals surface area contributed by atoms with Crippen molar-refractivity contribution in [2.75, 3.05) is 18.9 Å². The summed E-state index contributed by atoms with van der Waals surface area (Å²) in [4.78, 5) is 14.1. The SMILES string of the molecule is CCC(CCS(N)(=O)=O)(NCCc1ccc(O)c2[nH]c(=O)sc12)OCCc1ccc(F)cc1. The molecule has 0 aliphatic rings. The van der Waals surface area contributed by atoms with Gasteiger partial charge in [0.05, 0.1) is 17.1 Å². The lowest BCUT2D eigenvalue weighted by molar-refractivity contribution is -0.0744. The van der Waals surface area contributed by atoms with Crippen molar-refractivity contribution in [1.29, 1.82) is 0 Å². The van der Waals surface area contributed by atoms with Crippen LogP contribution in [0.25, 0.3) is 10.2 Å². The highest BCUT2D eigenvalue weighted by molar-refractivity contribution is 7.89. The number of rotatable bonds is 12. The number of phenolic OH excluding ortho intramolecular Hbond substituents is 1. The van der Waals surface area contributed by atoms with Gasteiger partial charge in [-0.15, -0.1) is 0 Å². The minimum Gasteiger partial charge on any atom is -0.506 e. The van der Waals surface area contributed by atoms with Crippen LogP contribution in [0.4, 0.5) is 4.39 Å². The molecule has 2 aromatic carbocycles. The number of benzene rings is 2. The number of sulfonamides is 1. The molecule has 5 N–H and O–H groups in total. The summed E-state index contributed by atoms with van der Waals surface area (Å²) in [6, 6.07) is 9.43. The predicted molar refractivity (Wildman–Crippen MR) is 127 cm³/mol. The molecule has 0 aliphatic carbocycles. The molecule has 0 bridgehead atoms. The van der Waals surface area contributed by atoms with E-state index in [1.54, 1.807) is 18.2 Å². The summed E-state index contributed by atoms with van der Waals surface area (Å²) >= 11 is 1.03. The number of aromatic nitrogens is 1. The predicted octanol–water partition coefficient (Wildman–Crippen LogP) is 2.61. The molecule has 180 valence electrons. The third kappa shape index (κ3) is 7.08. The standard InChI is InChI=1S/C22H28FN3O5S2/c1-2-22(11-14-33(24,29)30,31-13-10-15-3-6-17(23)7-4-15)25-12-9-16-5-8-18(27)19-20(16)32-21(28)26-19/h3-8,25,27H,2,9-14H2,1H3,(H,26,28)(H2,24,29,30). The first kappa shape index (κ1) is 25.3. The van der Waals surface area contributed by atoms with Crippen molar-refractivity contribution in [3.63, 3.8) is 0 Å². The minimum atomic E-state index is -3.68. The highest BCUT2D eigenvalue weighted by Crippen LogP contribution is 2.28.